The van der Waals surface area contributed by atoms with Crippen molar-refractivity contribution in [2.45, 2.75) is 71.3 Å². The third-order valence-electron chi connectivity index (χ3n) is 5.20. The highest BCUT2D eigenvalue weighted by Gasteiger charge is 2.31. The van der Waals surface area contributed by atoms with E-state index in [0.717, 1.165) is 38.3 Å². The minimum atomic E-state index is 0.190. The zero-order valence-corrected chi connectivity index (χ0v) is 13.3. The van der Waals surface area contributed by atoms with E-state index in [9.17, 15) is 4.79 Å². The van der Waals surface area contributed by atoms with Crippen LogP contribution in [0.4, 0.5) is 0 Å². The van der Waals surface area contributed by atoms with Crippen molar-refractivity contribution in [3.8, 4) is 0 Å². The van der Waals surface area contributed by atoms with Crippen LogP contribution in [-0.4, -0.2) is 29.9 Å². The van der Waals surface area contributed by atoms with Gasteiger partial charge in [-0.05, 0) is 31.1 Å². The molecular weight excluding hydrogens is 248 g/mol. The van der Waals surface area contributed by atoms with E-state index in [1.807, 2.05) is 4.90 Å². The lowest BCUT2D eigenvalue weighted by molar-refractivity contribution is -0.139. The number of likely N-dealkylation sites (tertiary alicyclic amines) is 1. The fraction of sp³-hybridized carbons (Fsp3) is 0.941. The maximum atomic E-state index is 12.8. The summed E-state index contributed by atoms with van der Waals surface area (Å²) >= 11 is 0. The molecule has 1 saturated carbocycles. The van der Waals surface area contributed by atoms with Crippen LogP contribution in [0.2, 0.25) is 0 Å². The first kappa shape index (κ1) is 15.8. The molecule has 0 bridgehead atoms. The Kier molecular flexibility index (Phi) is 5.88. The molecule has 0 aromatic carbocycles. The SMILES string of the molecule is CC(C)C(CC1CCCCC1)C(=O)N1CCCC(N)C1. The highest BCUT2D eigenvalue weighted by atomic mass is 16.2. The number of carbonyl (C=O) groups excluding carboxylic acids is 1. The van der Waals surface area contributed by atoms with Gasteiger partial charge in [0.15, 0.2) is 0 Å². The van der Waals surface area contributed by atoms with Crippen LogP contribution in [0.1, 0.15) is 65.2 Å². The lowest BCUT2D eigenvalue weighted by atomic mass is 9.78. The number of amides is 1. The normalized spacial score (nSPS) is 26.8. The summed E-state index contributed by atoms with van der Waals surface area (Å²) in [6.07, 6.45) is 10.0. The van der Waals surface area contributed by atoms with Gasteiger partial charge in [0, 0.05) is 25.0 Å². The summed E-state index contributed by atoms with van der Waals surface area (Å²) in [5.41, 5.74) is 6.03. The monoisotopic (exact) mass is 280 g/mol. The van der Waals surface area contributed by atoms with Crippen LogP contribution in [0.15, 0.2) is 0 Å². The molecule has 0 radical (unpaired) electrons. The topological polar surface area (TPSA) is 46.3 Å². The molecule has 1 aliphatic carbocycles. The van der Waals surface area contributed by atoms with Gasteiger partial charge in [-0.3, -0.25) is 4.79 Å². The second-order valence-electron chi connectivity index (χ2n) is 7.28. The van der Waals surface area contributed by atoms with Crippen molar-refractivity contribution < 1.29 is 4.79 Å². The van der Waals surface area contributed by atoms with E-state index < -0.39 is 0 Å². The van der Waals surface area contributed by atoms with E-state index in [0.29, 0.717) is 11.8 Å². The smallest absolute Gasteiger partial charge is 0.226 e. The van der Waals surface area contributed by atoms with Crippen molar-refractivity contribution in [1.82, 2.24) is 4.90 Å². The highest BCUT2D eigenvalue weighted by molar-refractivity contribution is 5.79. The Morgan fingerprint density at radius 2 is 1.85 bits per heavy atom. The van der Waals surface area contributed by atoms with Crippen LogP contribution in [0, 0.1) is 17.8 Å². The number of hydrogen-bond acceptors (Lipinski definition) is 2. The maximum Gasteiger partial charge on any atom is 0.226 e. The molecule has 1 amide bonds. The van der Waals surface area contributed by atoms with E-state index >= 15 is 0 Å². The zero-order valence-electron chi connectivity index (χ0n) is 13.3. The van der Waals surface area contributed by atoms with E-state index in [4.69, 9.17) is 5.73 Å². The first-order valence-corrected chi connectivity index (χ1v) is 8.62. The van der Waals surface area contributed by atoms with Crippen molar-refractivity contribution in [3.63, 3.8) is 0 Å². The van der Waals surface area contributed by atoms with Crippen LogP contribution in [0.3, 0.4) is 0 Å². The fourth-order valence-electron chi connectivity index (χ4n) is 3.88. The number of rotatable bonds is 4. The average molecular weight is 280 g/mol. The molecule has 0 spiro atoms. The van der Waals surface area contributed by atoms with Gasteiger partial charge in [-0.25, -0.2) is 0 Å². The van der Waals surface area contributed by atoms with E-state index in [1.165, 1.54) is 32.1 Å². The minimum Gasteiger partial charge on any atom is -0.341 e. The van der Waals surface area contributed by atoms with E-state index in [2.05, 4.69) is 13.8 Å². The summed E-state index contributed by atoms with van der Waals surface area (Å²) in [6.45, 7) is 6.09. The second kappa shape index (κ2) is 7.44. The van der Waals surface area contributed by atoms with Crippen molar-refractivity contribution in [3.05, 3.63) is 0 Å². The number of carbonyl (C=O) groups is 1. The summed E-state index contributed by atoms with van der Waals surface area (Å²) in [4.78, 5) is 14.9. The fourth-order valence-corrected chi connectivity index (χ4v) is 3.88. The van der Waals surface area contributed by atoms with Gasteiger partial charge in [0.2, 0.25) is 5.91 Å². The van der Waals surface area contributed by atoms with Crippen LogP contribution >= 0.6 is 0 Å². The Labute approximate surface area is 124 Å². The number of nitrogens with two attached hydrogens (primary N) is 1. The standard InChI is InChI=1S/C17H32N2O/c1-13(2)16(11-14-7-4-3-5-8-14)17(20)19-10-6-9-15(18)12-19/h13-16H,3-12,18H2,1-2H3. The Morgan fingerprint density at radius 1 is 1.15 bits per heavy atom. The van der Waals surface area contributed by atoms with Gasteiger partial charge in [-0.15, -0.1) is 0 Å². The van der Waals surface area contributed by atoms with Crippen LogP contribution in [0.25, 0.3) is 0 Å². The van der Waals surface area contributed by atoms with Gasteiger partial charge in [-0.1, -0.05) is 46.0 Å². The van der Waals surface area contributed by atoms with Gasteiger partial charge < -0.3 is 10.6 Å². The van der Waals surface area contributed by atoms with E-state index in [-0.39, 0.29) is 12.0 Å². The van der Waals surface area contributed by atoms with Crippen molar-refractivity contribution in [1.29, 1.82) is 0 Å². The lowest BCUT2D eigenvalue weighted by Crippen LogP contribution is -2.48. The lowest BCUT2D eigenvalue weighted by Gasteiger charge is -2.36. The molecule has 1 aliphatic heterocycles. The molecule has 2 N–H and O–H groups in total. The molecule has 2 aliphatic rings. The third-order valence-corrected chi connectivity index (χ3v) is 5.20. The first-order chi connectivity index (χ1) is 9.58. The predicted molar refractivity (Wildman–Crippen MR) is 83.3 cm³/mol. The Morgan fingerprint density at radius 3 is 2.45 bits per heavy atom. The third kappa shape index (κ3) is 4.21. The van der Waals surface area contributed by atoms with Gasteiger partial charge in [-0.2, -0.15) is 0 Å². The number of nitrogens with zero attached hydrogens (tertiary/aromatic N) is 1. The largest absolute Gasteiger partial charge is 0.341 e. The summed E-state index contributed by atoms with van der Waals surface area (Å²) in [6, 6.07) is 0.190. The van der Waals surface area contributed by atoms with Crippen LogP contribution < -0.4 is 5.73 Å². The molecule has 2 unspecified atom stereocenters. The molecule has 0 aromatic rings. The van der Waals surface area contributed by atoms with Crippen LogP contribution in [0.5, 0.6) is 0 Å². The van der Waals surface area contributed by atoms with Crippen molar-refractivity contribution >= 4 is 5.91 Å². The maximum absolute atomic E-state index is 12.8. The van der Waals surface area contributed by atoms with Crippen LogP contribution in [-0.2, 0) is 4.79 Å². The molecule has 3 heteroatoms. The molecule has 2 fully saturated rings. The first-order valence-electron chi connectivity index (χ1n) is 8.62. The summed E-state index contributed by atoms with van der Waals surface area (Å²) in [5.74, 6) is 1.81. The average Bonchev–Trinajstić information content (AvgIpc) is 2.45. The van der Waals surface area contributed by atoms with E-state index in [1.54, 1.807) is 0 Å². The Balaban J connectivity index is 1.94. The predicted octanol–water partition coefficient (Wildman–Crippen LogP) is 3.18. The minimum absolute atomic E-state index is 0.190. The molecule has 20 heavy (non-hydrogen) atoms. The molecule has 3 nitrogen and oxygen atoms in total. The van der Waals surface area contributed by atoms with Gasteiger partial charge >= 0.3 is 0 Å². The summed E-state index contributed by atoms with van der Waals surface area (Å²) < 4.78 is 0. The van der Waals surface area contributed by atoms with Gasteiger partial charge in [0.25, 0.3) is 0 Å². The van der Waals surface area contributed by atoms with Gasteiger partial charge in [0.1, 0.15) is 0 Å². The molecule has 1 saturated heterocycles. The molecule has 116 valence electrons. The van der Waals surface area contributed by atoms with Crippen molar-refractivity contribution in [2.24, 2.45) is 23.5 Å². The highest BCUT2D eigenvalue weighted by Crippen LogP contribution is 2.32. The molecular formula is C17H32N2O. The molecule has 2 rings (SSSR count). The number of piperidine rings is 1. The molecule has 2 atom stereocenters. The summed E-state index contributed by atoms with van der Waals surface area (Å²) in [7, 11) is 0. The Bertz CT molecular complexity index is 310. The van der Waals surface area contributed by atoms with Gasteiger partial charge in [0.05, 0.1) is 0 Å². The quantitative estimate of drug-likeness (QED) is 0.859. The Hall–Kier alpha value is -0.570. The van der Waals surface area contributed by atoms with Crippen molar-refractivity contribution in [2.75, 3.05) is 13.1 Å². The number of hydrogen-bond donors (Lipinski definition) is 1. The second-order valence-corrected chi connectivity index (χ2v) is 7.28. The molecule has 1 heterocycles. The zero-order chi connectivity index (χ0) is 14.5. The summed E-state index contributed by atoms with van der Waals surface area (Å²) in [5, 5.41) is 0. The molecule has 0 aromatic heterocycles.